The van der Waals surface area contributed by atoms with Gasteiger partial charge in [-0.2, -0.15) is 0 Å². The third-order valence-electron chi connectivity index (χ3n) is 4.15. The number of carbonyl (C=O) groups excluding carboxylic acids is 2. The van der Waals surface area contributed by atoms with Crippen molar-refractivity contribution in [1.29, 1.82) is 0 Å². The minimum absolute atomic E-state index is 0.338. The zero-order chi connectivity index (χ0) is 20.1. The number of amides is 2. The van der Waals surface area contributed by atoms with E-state index in [1.165, 1.54) is 0 Å². The van der Waals surface area contributed by atoms with E-state index in [-0.39, 0.29) is 5.91 Å². The second-order valence-electron chi connectivity index (χ2n) is 6.20. The van der Waals surface area contributed by atoms with Gasteiger partial charge in [0.15, 0.2) is 6.10 Å². The molecule has 0 aliphatic carbocycles. The summed E-state index contributed by atoms with van der Waals surface area (Å²) in [5, 5.41) is 3.15. The van der Waals surface area contributed by atoms with Crippen molar-refractivity contribution in [3.8, 4) is 16.9 Å². The number of anilines is 1. The molecule has 0 fully saturated rings. The Balaban J connectivity index is 1.65. The lowest BCUT2D eigenvalue weighted by Gasteiger charge is -2.16. The van der Waals surface area contributed by atoms with Crippen LogP contribution in [-0.2, 0) is 4.79 Å². The molecular formula is C22H19ClN2O3. The Morgan fingerprint density at radius 3 is 2.25 bits per heavy atom. The second-order valence-corrected chi connectivity index (χ2v) is 6.61. The summed E-state index contributed by atoms with van der Waals surface area (Å²) in [5.74, 6) is -0.439. The fraction of sp³-hybridized carbons (Fsp3) is 0.0909. The summed E-state index contributed by atoms with van der Waals surface area (Å²) >= 11 is 6.33. The predicted molar refractivity (Wildman–Crippen MR) is 111 cm³/mol. The van der Waals surface area contributed by atoms with Crippen LogP contribution >= 0.6 is 11.6 Å². The van der Waals surface area contributed by atoms with E-state index in [0.717, 1.165) is 11.1 Å². The smallest absolute Gasteiger partial charge is 0.265 e. The summed E-state index contributed by atoms with van der Waals surface area (Å²) in [4.78, 5) is 23.5. The van der Waals surface area contributed by atoms with Crippen LogP contribution in [0.1, 0.15) is 17.3 Å². The Hall–Kier alpha value is -3.31. The van der Waals surface area contributed by atoms with E-state index in [4.69, 9.17) is 22.1 Å². The summed E-state index contributed by atoms with van der Waals surface area (Å²) in [6.07, 6.45) is -0.768. The van der Waals surface area contributed by atoms with Crippen molar-refractivity contribution in [1.82, 2.24) is 0 Å². The molecule has 0 spiro atoms. The van der Waals surface area contributed by atoms with Gasteiger partial charge in [0.2, 0.25) is 5.91 Å². The van der Waals surface area contributed by atoms with Crippen LogP contribution in [0.5, 0.6) is 5.75 Å². The second kappa shape index (κ2) is 8.59. The molecule has 2 amide bonds. The summed E-state index contributed by atoms with van der Waals surface area (Å²) in [5.41, 5.74) is 8.11. The fourth-order valence-corrected chi connectivity index (χ4v) is 2.84. The molecule has 3 aromatic rings. The van der Waals surface area contributed by atoms with Gasteiger partial charge in [-0.3, -0.25) is 9.59 Å². The van der Waals surface area contributed by atoms with Gasteiger partial charge < -0.3 is 15.8 Å². The molecule has 6 heteroatoms. The maximum Gasteiger partial charge on any atom is 0.265 e. The molecule has 3 N–H and O–H groups in total. The van der Waals surface area contributed by atoms with Crippen molar-refractivity contribution in [2.24, 2.45) is 5.73 Å². The zero-order valence-electron chi connectivity index (χ0n) is 15.2. The predicted octanol–water partition coefficient (Wildman–Crippen LogP) is 4.51. The van der Waals surface area contributed by atoms with Crippen LogP contribution in [0.3, 0.4) is 0 Å². The third-order valence-corrected chi connectivity index (χ3v) is 4.44. The molecule has 5 nitrogen and oxygen atoms in total. The Kier molecular flexibility index (Phi) is 5.96. The summed E-state index contributed by atoms with van der Waals surface area (Å²) in [6.45, 7) is 1.63. The van der Waals surface area contributed by atoms with Crippen LogP contribution in [-0.4, -0.2) is 17.9 Å². The van der Waals surface area contributed by atoms with Crippen LogP contribution < -0.4 is 15.8 Å². The molecule has 0 heterocycles. The number of carbonyl (C=O) groups is 2. The minimum Gasteiger partial charge on any atom is -0.479 e. The number of benzene rings is 3. The van der Waals surface area contributed by atoms with Gasteiger partial charge in [-0.05, 0) is 54.4 Å². The highest BCUT2D eigenvalue weighted by atomic mass is 35.5. The molecule has 0 aromatic heterocycles. The highest BCUT2D eigenvalue weighted by Crippen LogP contribution is 2.31. The molecule has 0 saturated heterocycles. The van der Waals surface area contributed by atoms with Gasteiger partial charge in [-0.25, -0.2) is 0 Å². The fourth-order valence-electron chi connectivity index (χ4n) is 2.61. The average molecular weight is 395 g/mol. The highest BCUT2D eigenvalue weighted by Gasteiger charge is 2.17. The number of halogens is 1. The van der Waals surface area contributed by atoms with E-state index in [1.54, 1.807) is 43.3 Å². The van der Waals surface area contributed by atoms with E-state index in [1.807, 2.05) is 36.4 Å². The molecule has 3 aromatic carbocycles. The van der Waals surface area contributed by atoms with Crippen LogP contribution in [0.2, 0.25) is 5.02 Å². The maximum absolute atomic E-state index is 12.4. The third kappa shape index (κ3) is 4.69. The van der Waals surface area contributed by atoms with E-state index in [0.29, 0.717) is 22.0 Å². The first-order valence-corrected chi connectivity index (χ1v) is 9.04. The lowest BCUT2D eigenvalue weighted by Crippen LogP contribution is -2.30. The SMILES string of the molecule is CC(Oc1ccc(-c2ccccc2)cc1Cl)C(=O)Nc1ccc(C(N)=O)cc1. The van der Waals surface area contributed by atoms with Crippen LogP contribution in [0.25, 0.3) is 11.1 Å². The van der Waals surface area contributed by atoms with Crippen LogP contribution in [0.4, 0.5) is 5.69 Å². The molecule has 0 radical (unpaired) electrons. The van der Waals surface area contributed by atoms with Gasteiger partial charge in [0.1, 0.15) is 5.75 Å². The van der Waals surface area contributed by atoms with Gasteiger partial charge in [0.05, 0.1) is 5.02 Å². The number of nitrogens with two attached hydrogens (primary N) is 1. The molecule has 0 saturated carbocycles. The van der Waals surface area contributed by atoms with E-state index < -0.39 is 12.0 Å². The van der Waals surface area contributed by atoms with E-state index in [9.17, 15) is 9.59 Å². The molecule has 0 aliphatic rings. The van der Waals surface area contributed by atoms with E-state index >= 15 is 0 Å². The van der Waals surface area contributed by atoms with Crippen LogP contribution in [0, 0.1) is 0 Å². The zero-order valence-corrected chi connectivity index (χ0v) is 15.9. The molecule has 1 unspecified atom stereocenters. The largest absolute Gasteiger partial charge is 0.479 e. The standard InChI is InChI=1S/C22H19ClN2O3/c1-14(22(27)25-18-10-7-16(8-11-18)21(24)26)28-20-12-9-17(13-19(20)23)15-5-3-2-4-6-15/h2-14H,1H3,(H2,24,26)(H,25,27). The Morgan fingerprint density at radius 2 is 1.64 bits per heavy atom. The number of rotatable bonds is 6. The number of hydrogen-bond acceptors (Lipinski definition) is 3. The topological polar surface area (TPSA) is 81.4 Å². The van der Waals surface area contributed by atoms with Crippen LogP contribution in [0.15, 0.2) is 72.8 Å². The Morgan fingerprint density at radius 1 is 0.964 bits per heavy atom. The summed E-state index contributed by atoms with van der Waals surface area (Å²) in [6, 6.07) is 21.6. The molecule has 0 aliphatic heterocycles. The number of nitrogens with one attached hydrogen (secondary N) is 1. The first-order chi connectivity index (χ1) is 13.4. The van der Waals surface area contributed by atoms with Gasteiger partial charge in [-0.15, -0.1) is 0 Å². The first kappa shape index (κ1) is 19.5. The van der Waals surface area contributed by atoms with Gasteiger partial charge in [-0.1, -0.05) is 48.0 Å². The van der Waals surface area contributed by atoms with Crippen molar-refractivity contribution in [2.45, 2.75) is 13.0 Å². The normalized spacial score (nSPS) is 11.5. The molecule has 28 heavy (non-hydrogen) atoms. The van der Waals surface area contributed by atoms with Crippen molar-refractivity contribution in [3.63, 3.8) is 0 Å². The highest BCUT2D eigenvalue weighted by molar-refractivity contribution is 6.32. The Labute approximate surface area is 168 Å². The quantitative estimate of drug-likeness (QED) is 0.645. The Bertz CT molecular complexity index is 988. The molecular weight excluding hydrogens is 376 g/mol. The average Bonchev–Trinajstić information content (AvgIpc) is 2.70. The van der Waals surface area contributed by atoms with Gasteiger partial charge in [0.25, 0.3) is 5.91 Å². The monoisotopic (exact) mass is 394 g/mol. The summed E-state index contributed by atoms with van der Waals surface area (Å²) < 4.78 is 5.71. The lowest BCUT2D eigenvalue weighted by atomic mass is 10.1. The van der Waals surface area contributed by atoms with Crippen molar-refractivity contribution in [2.75, 3.05) is 5.32 Å². The molecule has 3 rings (SSSR count). The molecule has 0 bridgehead atoms. The van der Waals surface area contributed by atoms with E-state index in [2.05, 4.69) is 5.32 Å². The lowest BCUT2D eigenvalue weighted by molar-refractivity contribution is -0.122. The maximum atomic E-state index is 12.4. The number of ether oxygens (including phenoxy) is 1. The molecule has 1 atom stereocenters. The number of primary amides is 1. The minimum atomic E-state index is -0.768. The summed E-state index contributed by atoms with van der Waals surface area (Å²) in [7, 11) is 0. The van der Waals surface area contributed by atoms with Crippen molar-refractivity contribution in [3.05, 3.63) is 83.4 Å². The first-order valence-electron chi connectivity index (χ1n) is 8.66. The van der Waals surface area contributed by atoms with Gasteiger partial charge in [0, 0.05) is 11.3 Å². The van der Waals surface area contributed by atoms with Crippen molar-refractivity contribution >= 4 is 29.1 Å². The van der Waals surface area contributed by atoms with Crippen molar-refractivity contribution < 1.29 is 14.3 Å². The number of hydrogen-bond donors (Lipinski definition) is 2. The molecule has 142 valence electrons. The van der Waals surface area contributed by atoms with Gasteiger partial charge >= 0.3 is 0 Å².